The smallest absolute Gasteiger partial charge is 0.137 e. The zero-order valence-corrected chi connectivity index (χ0v) is 11.2. The molecule has 0 spiro atoms. The molecule has 4 aromatic rings. The Morgan fingerprint density at radius 3 is 2.50 bits per heavy atom. The quantitative estimate of drug-likeness (QED) is 0.492. The molecule has 0 aliphatic heterocycles. The Morgan fingerprint density at radius 2 is 1.65 bits per heavy atom. The van der Waals surface area contributed by atoms with Crippen molar-refractivity contribution in [3.05, 3.63) is 72.6 Å². The topological polar surface area (TPSA) is 17.3 Å². The number of aromatic nitrogens is 2. The van der Waals surface area contributed by atoms with E-state index >= 15 is 0 Å². The van der Waals surface area contributed by atoms with E-state index in [1.54, 1.807) is 0 Å². The summed E-state index contributed by atoms with van der Waals surface area (Å²) in [5, 5.41) is 2.51. The van der Waals surface area contributed by atoms with Gasteiger partial charge in [-0.15, -0.1) is 0 Å². The molecule has 2 nitrogen and oxygen atoms in total. The normalized spacial score (nSPS) is 11.2. The third-order valence-corrected chi connectivity index (χ3v) is 3.79. The van der Waals surface area contributed by atoms with Gasteiger partial charge < -0.3 is 4.40 Å². The highest BCUT2D eigenvalue weighted by molar-refractivity contribution is 5.87. The van der Waals surface area contributed by atoms with E-state index in [1.807, 2.05) is 18.2 Å². The standard InChI is InChI=1S/C18H14N2/c1-13-18(19-17-8-4-5-11-20(13)17)16-10-9-14-6-2-3-7-15(14)12-16/h2-12H,1H3. The van der Waals surface area contributed by atoms with Gasteiger partial charge in [0, 0.05) is 17.5 Å². The Hall–Kier alpha value is -2.61. The van der Waals surface area contributed by atoms with E-state index in [2.05, 4.69) is 60.0 Å². The largest absolute Gasteiger partial charge is 0.304 e. The molecule has 2 heteroatoms. The van der Waals surface area contributed by atoms with Crippen molar-refractivity contribution in [2.45, 2.75) is 6.92 Å². The first kappa shape index (κ1) is 11.2. The zero-order chi connectivity index (χ0) is 13.5. The molecule has 0 radical (unpaired) electrons. The van der Waals surface area contributed by atoms with Crippen LogP contribution in [0.2, 0.25) is 0 Å². The van der Waals surface area contributed by atoms with Crippen molar-refractivity contribution in [1.29, 1.82) is 0 Å². The van der Waals surface area contributed by atoms with Crippen LogP contribution in [-0.2, 0) is 0 Å². The lowest BCUT2D eigenvalue weighted by atomic mass is 10.0. The summed E-state index contributed by atoms with van der Waals surface area (Å²) in [7, 11) is 0. The Morgan fingerprint density at radius 1 is 0.850 bits per heavy atom. The first-order valence-corrected chi connectivity index (χ1v) is 6.76. The molecular weight excluding hydrogens is 244 g/mol. The number of rotatable bonds is 1. The fourth-order valence-corrected chi connectivity index (χ4v) is 2.73. The van der Waals surface area contributed by atoms with Gasteiger partial charge in [0.25, 0.3) is 0 Å². The molecule has 0 atom stereocenters. The second-order valence-electron chi connectivity index (χ2n) is 5.04. The molecule has 0 N–H and O–H groups in total. The van der Waals surface area contributed by atoms with Gasteiger partial charge in [-0.05, 0) is 35.9 Å². The predicted octanol–water partition coefficient (Wildman–Crippen LogP) is 4.46. The Kier molecular flexibility index (Phi) is 2.36. The van der Waals surface area contributed by atoms with E-state index in [9.17, 15) is 0 Å². The van der Waals surface area contributed by atoms with Gasteiger partial charge in [0.05, 0.1) is 5.69 Å². The highest BCUT2D eigenvalue weighted by atomic mass is 15.0. The molecule has 20 heavy (non-hydrogen) atoms. The first-order valence-electron chi connectivity index (χ1n) is 6.76. The van der Waals surface area contributed by atoms with Crippen molar-refractivity contribution >= 4 is 16.4 Å². The maximum atomic E-state index is 4.75. The predicted molar refractivity (Wildman–Crippen MR) is 82.9 cm³/mol. The van der Waals surface area contributed by atoms with Crippen LogP contribution in [0.1, 0.15) is 5.69 Å². The third kappa shape index (κ3) is 1.62. The second-order valence-corrected chi connectivity index (χ2v) is 5.04. The Labute approximate surface area is 117 Å². The second kappa shape index (κ2) is 4.20. The minimum absolute atomic E-state index is 0.994. The van der Waals surface area contributed by atoms with Crippen LogP contribution in [-0.4, -0.2) is 9.38 Å². The number of imidazole rings is 1. The third-order valence-electron chi connectivity index (χ3n) is 3.79. The van der Waals surface area contributed by atoms with Gasteiger partial charge in [-0.3, -0.25) is 0 Å². The van der Waals surface area contributed by atoms with Crippen molar-refractivity contribution in [2.75, 3.05) is 0 Å². The van der Waals surface area contributed by atoms with Crippen LogP contribution in [0.15, 0.2) is 66.9 Å². The summed E-state index contributed by atoms with van der Waals surface area (Å²) in [6.45, 7) is 2.12. The molecule has 0 unspecified atom stereocenters. The molecule has 96 valence electrons. The van der Waals surface area contributed by atoms with Crippen molar-refractivity contribution in [1.82, 2.24) is 9.38 Å². The van der Waals surface area contributed by atoms with Crippen LogP contribution in [0.4, 0.5) is 0 Å². The lowest BCUT2D eigenvalue weighted by Crippen LogP contribution is -1.86. The molecule has 0 bridgehead atoms. The lowest BCUT2D eigenvalue weighted by Gasteiger charge is -2.02. The van der Waals surface area contributed by atoms with E-state index in [1.165, 1.54) is 22.0 Å². The maximum absolute atomic E-state index is 4.75. The van der Waals surface area contributed by atoms with E-state index < -0.39 is 0 Å². The summed E-state index contributed by atoms with van der Waals surface area (Å²) in [6.07, 6.45) is 2.06. The van der Waals surface area contributed by atoms with Crippen molar-refractivity contribution in [3.8, 4) is 11.3 Å². The molecule has 0 aliphatic carbocycles. The van der Waals surface area contributed by atoms with Gasteiger partial charge in [0.2, 0.25) is 0 Å². The van der Waals surface area contributed by atoms with Gasteiger partial charge in [0.15, 0.2) is 0 Å². The number of hydrogen-bond donors (Lipinski definition) is 0. The van der Waals surface area contributed by atoms with Crippen molar-refractivity contribution in [2.24, 2.45) is 0 Å². The van der Waals surface area contributed by atoms with Crippen LogP contribution in [0.3, 0.4) is 0 Å². The average Bonchev–Trinajstić information content (AvgIpc) is 2.84. The summed E-state index contributed by atoms with van der Waals surface area (Å²) < 4.78 is 2.13. The van der Waals surface area contributed by atoms with Crippen LogP contribution in [0.5, 0.6) is 0 Å². The highest BCUT2D eigenvalue weighted by Gasteiger charge is 2.10. The molecule has 0 amide bonds. The maximum Gasteiger partial charge on any atom is 0.137 e. The van der Waals surface area contributed by atoms with Crippen LogP contribution in [0, 0.1) is 6.92 Å². The summed E-state index contributed by atoms with van der Waals surface area (Å²) in [5.74, 6) is 0. The van der Waals surface area contributed by atoms with E-state index in [0.29, 0.717) is 0 Å². The van der Waals surface area contributed by atoms with Crippen molar-refractivity contribution < 1.29 is 0 Å². The minimum Gasteiger partial charge on any atom is -0.304 e. The summed E-state index contributed by atoms with van der Waals surface area (Å²) in [4.78, 5) is 4.75. The van der Waals surface area contributed by atoms with Gasteiger partial charge in [-0.1, -0.05) is 42.5 Å². The monoisotopic (exact) mass is 258 g/mol. The Balaban J connectivity index is 1.98. The number of benzene rings is 2. The molecule has 4 rings (SSSR count). The summed E-state index contributed by atoms with van der Waals surface area (Å²) in [6, 6.07) is 21.0. The summed E-state index contributed by atoms with van der Waals surface area (Å²) in [5.41, 5.74) is 4.40. The molecule has 0 fully saturated rings. The lowest BCUT2D eigenvalue weighted by molar-refractivity contribution is 1.11. The van der Waals surface area contributed by atoms with E-state index in [-0.39, 0.29) is 0 Å². The fourth-order valence-electron chi connectivity index (χ4n) is 2.73. The number of hydrogen-bond acceptors (Lipinski definition) is 1. The van der Waals surface area contributed by atoms with Gasteiger partial charge in [-0.2, -0.15) is 0 Å². The van der Waals surface area contributed by atoms with Crippen LogP contribution < -0.4 is 0 Å². The van der Waals surface area contributed by atoms with E-state index in [4.69, 9.17) is 4.98 Å². The molecular formula is C18H14N2. The molecule has 0 saturated heterocycles. The average molecular weight is 258 g/mol. The molecule has 2 aromatic carbocycles. The molecule has 0 aliphatic rings. The minimum atomic E-state index is 0.994. The van der Waals surface area contributed by atoms with Gasteiger partial charge >= 0.3 is 0 Å². The SMILES string of the molecule is Cc1c(-c2ccc3ccccc3c2)nc2ccccn12. The van der Waals surface area contributed by atoms with E-state index in [0.717, 1.165) is 11.3 Å². The first-order chi connectivity index (χ1) is 9.83. The van der Waals surface area contributed by atoms with Crippen LogP contribution in [0.25, 0.3) is 27.7 Å². The zero-order valence-electron chi connectivity index (χ0n) is 11.2. The van der Waals surface area contributed by atoms with Gasteiger partial charge in [0.1, 0.15) is 5.65 Å². The Bertz CT molecular complexity index is 919. The molecule has 2 aromatic heterocycles. The van der Waals surface area contributed by atoms with Crippen LogP contribution >= 0.6 is 0 Å². The van der Waals surface area contributed by atoms with Gasteiger partial charge in [-0.25, -0.2) is 4.98 Å². The van der Waals surface area contributed by atoms with Crippen molar-refractivity contribution in [3.63, 3.8) is 0 Å². The number of fused-ring (bicyclic) bond motifs is 2. The number of pyridine rings is 1. The summed E-state index contributed by atoms with van der Waals surface area (Å²) >= 11 is 0. The number of aryl methyl sites for hydroxylation is 1. The number of nitrogens with zero attached hydrogens (tertiary/aromatic N) is 2. The molecule has 2 heterocycles. The fraction of sp³-hybridized carbons (Fsp3) is 0.0556. The molecule has 0 saturated carbocycles. The highest BCUT2D eigenvalue weighted by Crippen LogP contribution is 2.27.